The summed E-state index contributed by atoms with van der Waals surface area (Å²) in [6.07, 6.45) is 1.30. The van der Waals surface area contributed by atoms with Crippen LogP contribution in [-0.2, 0) is 0 Å². The number of ether oxygens (including phenoxy) is 2. The number of hydrogen-bond donors (Lipinski definition) is 1. The Bertz CT molecular complexity index is 1010. The number of carbonyl (C=O) groups excluding carboxylic acids is 1. The van der Waals surface area contributed by atoms with Crippen LogP contribution < -0.4 is 14.8 Å². The Morgan fingerprint density at radius 2 is 1.93 bits per heavy atom. The van der Waals surface area contributed by atoms with Gasteiger partial charge in [0.05, 0.1) is 24.6 Å². The number of carbonyl (C=O) groups is 1. The first kappa shape index (κ1) is 19.3. The number of nitrogens with one attached hydrogen (secondary N) is 1. The summed E-state index contributed by atoms with van der Waals surface area (Å²) in [6.45, 7) is -1.42. The Morgan fingerprint density at radius 1 is 1.18 bits per heavy atom. The van der Waals surface area contributed by atoms with E-state index in [1.54, 1.807) is 19.1 Å². The molecule has 0 aliphatic heterocycles. The van der Waals surface area contributed by atoms with Crippen molar-refractivity contribution in [1.82, 2.24) is 9.78 Å². The molecule has 0 fully saturated rings. The summed E-state index contributed by atoms with van der Waals surface area (Å²) < 4.78 is 49.7. The summed E-state index contributed by atoms with van der Waals surface area (Å²) in [5.74, 6) is -1.13. The summed E-state index contributed by atoms with van der Waals surface area (Å²) in [4.78, 5) is 12.6. The van der Waals surface area contributed by atoms with Gasteiger partial charge in [-0.05, 0) is 31.2 Å². The second kappa shape index (κ2) is 8.03. The van der Waals surface area contributed by atoms with Crippen molar-refractivity contribution in [3.63, 3.8) is 0 Å². The van der Waals surface area contributed by atoms with Crippen LogP contribution in [0.4, 0.5) is 18.9 Å². The number of alkyl halides is 2. The molecule has 6 nitrogen and oxygen atoms in total. The third-order valence-electron chi connectivity index (χ3n) is 3.97. The van der Waals surface area contributed by atoms with Crippen molar-refractivity contribution in [3.8, 4) is 17.2 Å². The fraction of sp³-hybridized carbons (Fsp3) is 0.158. The molecular formula is C19H16F3N3O3. The second-order valence-electron chi connectivity index (χ2n) is 5.71. The Labute approximate surface area is 158 Å². The third-order valence-corrected chi connectivity index (χ3v) is 3.97. The smallest absolute Gasteiger partial charge is 0.387 e. The molecule has 1 aromatic heterocycles. The summed E-state index contributed by atoms with van der Waals surface area (Å²) >= 11 is 0. The lowest BCUT2D eigenvalue weighted by atomic mass is 10.2. The number of rotatable bonds is 6. The van der Waals surface area contributed by atoms with Gasteiger partial charge in [-0.15, -0.1) is 0 Å². The van der Waals surface area contributed by atoms with Crippen molar-refractivity contribution < 1.29 is 27.4 Å². The molecule has 0 atom stereocenters. The number of benzene rings is 2. The summed E-state index contributed by atoms with van der Waals surface area (Å²) in [6, 6.07) is 10.1. The average molecular weight is 391 g/mol. The monoisotopic (exact) mass is 391 g/mol. The summed E-state index contributed by atoms with van der Waals surface area (Å²) in [5, 5.41) is 6.64. The maximum atomic E-state index is 14.0. The number of methoxy groups -OCH3 is 1. The largest absolute Gasteiger partial charge is 0.493 e. The number of hydrogen-bond acceptors (Lipinski definition) is 4. The number of amides is 1. The maximum Gasteiger partial charge on any atom is 0.387 e. The highest BCUT2D eigenvalue weighted by Crippen LogP contribution is 2.31. The average Bonchev–Trinajstić information content (AvgIpc) is 3.03. The number of halogens is 3. The number of anilines is 1. The second-order valence-corrected chi connectivity index (χ2v) is 5.71. The molecule has 0 spiro atoms. The highest BCUT2D eigenvalue weighted by molar-refractivity contribution is 6.05. The van der Waals surface area contributed by atoms with Crippen LogP contribution in [-0.4, -0.2) is 29.4 Å². The quantitative estimate of drug-likeness (QED) is 0.685. The van der Waals surface area contributed by atoms with Crippen LogP contribution in [0.1, 0.15) is 16.1 Å². The standard InChI is InChI=1S/C19H16F3N3O3/c1-11-13(10-23-25(11)15-6-4-3-5-14(15)20)18(26)24-12-7-8-16(27-2)17(9-12)28-19(21)22/h3-10,19H,1-2H3,(H,24,26). The lowest BCUT2D eigenvalue weighted by Gasteiger charge is -2.12. The van der Waals surface area contributed by atoms with Gasteiger partial charge in [-0.2, -0.15) is 13.9 Å². The van der Waals surface area contributed by atoms with Crippen LogP contribution in [0, 0.1) is 12.7 Å². The molecule has 0 radical (unpaired) electrons. The number of aromatic nitrogens is 2. The van der Waals surface area contributed by atoms with E-state index in [2.05, 4.69) is 15.2 Å². The Morgan fingerprint density at radius 3 is 2.61 bits per heavy atom. The zero-order valence-electron chi connectivity index (χ0n) is 14.9. The molecule has 0 aliphatic rings. The van der Waals surface area contributed by atoms with Crippen molar-refractivity contribution >= 4 is 11.6 Å². The number of nitrogens with zero attached hydrogens (tertiary/aromatic N) is 2. The van der Waals surface area contributed by atoms with Crippen molar-refractivity contribution in [2.45, 2.75) is 13.5 Å². The van der Waals surface area contributed by atoms with Crippen molar-refractivity contribution in [1.29, 1.82) is 0 Å². The molecule has 2 aromatic carbocycles. The lowest BCUT2D eigenvalue weighted by Crippen LogP contribution is -2.13. The first-order valence-corrected chi connectivity index (χ1v) is 8.14. The van der Waals surface area contributed by atoms with Gasteiger partial charge in [-0.25, -0.2) is 9.07 Å². The summed E-state index contributed by atoms with van der Waals surface area (Å²) in [5.41, 5.74) is 1.05. The minimum Gasteiger partial charge on any atom is -0.493 e. The van der Waals surface area contributed by atoms with Gasteiger partial charge in [0, 0.05) is 11.8 Å². The van der Waals surface area contributed by atoms with Crippen LogP contribution in [0.25, 0.3) is 5.69 Å². The van der Waals surface area contributed by atoms with E-state index < -0.39 is 18.3 Å². The third kappa shape index (κ3) is 3.93. The molecule has 9 heteroatoms. The SMILES string of the molecule is COc1ccc(NC(=O)c2cnn(-c3ccccc3F)c2C)cc1OC(F)F. The minimum absolute atomic E-state index is 0.0989. The van der Waals surface area contributed by atoms with Crippen molar-refractivity contribution in [3.05, 3.63) is 65.7 Å². The zero-order valence-corrected chi connectivity index (χ0v) is 14.9. The van der Waals surface area contributed by atoms with Gasteiger partial charge in [0.1, 0.15) is 11.5 Å². The fourth-order valence-corrected chi connectivity index (χ4v) is 2.64. The topological polar surface area (TPSA) is 65.4 Å². The van der Waals surface area contributed by atoms with Gasteiger partial charge in [0.15, 0.2) is 11.5 Å². The van der Waals surface area contributed by atoms with Crippen molar-refractivity contribution in [2.75, 3.05) is 12.4 Å². The van der Waals surface area contributed by atoms with E-state index >= 15 is 0 Å². The molecule has 1 amide bonds. The molecular weight excluding hydrogens is 375 g/mol. The van der Waals surface area contributed by atoms with Gasteiger partial charge in [-0.1, -0.05) is 12.1 Å². The van der Waals surface area contributed by atoms with Gasteiger partial charge in [0.25, 0.3) is 5.91 Å². The van der Waals surface area contributed by atoms with Gasteiger partial charge in [-0.3, -0.25) is 4.79 Å². The maximum absolute atomic E-state index is 14.0. The van der Waals surface area contributed by atoms with Gasteiger partial charge < -0.3 is 14.8 Å². The molecule has 0 saturated heterocycles. The molecule has 0 aliphatic carbocycles. The van der Waals surface area contributed by atoms with E-state index in [0.717, 1.165) is 0 Å². The van der Waals surface area contributed by atoms with Crippen LogP contribution in [0.2, 0.25) is 0 Å². The molecule has 3 rings (SSSR count). The number of para-hydroxylation sites is 1. The van der Waals surface area contributed by atoms with E-state index in [9.17, 15) is 18.0 Å². The first-order valence-electron chi connectivity index (χ1n) is 8.14. The van der Waals surface area contributed by atoms with E-state index in [1.807, 2.05) is 0 Å². The predicted molar refractivity (Wildman–Crippen MR) is 95.8 cm³/mol. The Hall–Kier alpha value is -3.49. The summed E-state index contributed by atoms with van der Waals surface area (Å²) in [7, 11) is 1.31. The zero-order chi connectivity index (χ0) is 20.3. The highest BCUT2D eigenvalue weighted by atomic mass is 19.3. The van der Waals surface area contributed by atoms with Gasteiger partial charge >= 0.3 is 6.61 Å². The minimum atomic E-state index is -3.04. The molecule has 0 unspecified atom stereocenters. The molecule has 1 heterocycles. The van der Waals surface area contributed by atoms with Crippen LogP contribution in [0.15, 0.2) is 48.7 Å². The van der Waals surface area contributed by atoms with Gasteiger partial charge in [0.2, 0.25) is 0 Å². The van der Waals surface area contributed by atoms with Crippen LogP contribution >= 0.6 is 0 Å². The van der Waals surface area contributed by atoms with E-state index in [1.165, 1.54) is 48.3 Å². The van der Waals surface area contributed by atoms with Crippen LogP contribution in [0.3, 0.4) is 0 Å². The fourth-order valence-electron chi connectivity index (χ4n) is 2.64. The van der Waals surface area contributed by atoms with Crippen LogP contribution in [0.5, 0.6) is 11.5 Å². The van der Waals surface area contributed by atoms with E-state index in [4.69, 9.17) is 4.74 Å². The highest BCUT2D eigenvalue weighted by Gasteiger charge is 2.18. The van der Waals surface area contributed by atoms with Crippen molar-refractivity contribution in [2.24, 2.45) is 0 Å². The van der Waals surface area contributed by atoms with E-state index in [0.29, 0.717) is 5.69 Å². The Kier molecular flexibility index (Phi) is 5.53. The molecule has 0 saturated carbocycles. The molecule has 146 valence electrons. The molecule has 0 bridgehead atoms. The molecule has 3 aromatic rings. The predicted octanol–water partition coefficient (Wildman–Crippen LogP) is 4.18. The first-order chi connectivity index (χ1) is 13.4. The Balaban J connectivity index is 1.85. The molecule has 1 N–H and O–H groups in total. The van der Waals surface area contributed by atoms with E-state index in [-0.39, 0.29) is 28.4 Å². The lowest BCUT2D eigenvalue weighted by molar-refractivity contribution is -0.0511. The molecule has 28 heavy (non-hydrogen) atoms. The normalized spacial score (nSPS) is 10.8.